The largest absolute Gasteiger partial charge is 0.419 e. The van der Waals surface area contributed by atoms with E-state index in [1.807, 2.05) is 0 Å². The summed E-state index contributed by atoms with van der Waals surface area (Å²) in [4.78, 5) is 2.12. The van der Waals surface area contributed by atoms with Gasteiger partial charge in [0.15, 0.2) is 0 Å². The molecule has 112 valence electrons. The molecule has 2 unspecified atom stereocenters. The Bertz CT molecular complexity index is 463. The molecule has 2 rings (SSSR count). The standard InChI is InChI=1S/C14H18F4N2/c1-9-6-20(7-10(2)19-9)8-11-3-4-12(13(15)5-11)14(16,17)18/h3-5,9-10,19H,6-8H2,1-2H3. The Morgan fingerprint density at radius 1 is 1.20 bits per heavy atom. The van der Waals surface area contributed by atoms with Crippen molar-refractivity contribution in [2.45, 2.75) is 38.7 Å². The highest BCUT2D eigenvalue weighted by Gasteiger charge is 2.34. The van der Waals surface area contributed by atoms with Crippen molar-refractivity contribution in [1.29, 1.82) is 0 Å². The van der Waals surface area contributed by atoms with Gasteiger partial charge in [-0.1, -0.05) is 6.07 Å². The lowest BCUT2D eigenvalue weighted by Crippen LogP contribution is -2.53. The zero-order valence-electron chi connectivity index (χ0n) is 11.5. The topological polar surface area (TPSA) is 15.3 Å². The van der Waals surface area contributed by atoms with Gasteiger partial charge >= 0.3 is 6.18 Å². The fourth-order valence-corrected chi connectivity index (χ4v) is 2.71. The Morgan fingerprint density at radius 2 is 1.80 bits per heavy atom. The van der Waals surface area contributed by atoms with Crippen molar-refractivity contribution in [2.75, 3.05) is 13.1 Å². The molecule has 0 saturated carbocycles. The van der Waals surface area contributed by atoms with Crippen molar-refractivity contribution in [3.05, 3.63) is 35.1 Å². The predicted molar refractivity (Wildman–Crippen MR) is 68.7 cm³/mol. The number of nitrogens with zero attached hydrogens (tertiary/aromatic N) is 1. The number of piperazine rings is 1. The number of nitrogens with one attached hydrogen (secondary N) is 1. The van der Waals surface area contributed by atoms with Gasteiger partial charge in [0.05, 0.1) is 5.56 Å². The summed E-state index contributed by atoms with van der Waals surface area (Å²) < 4.78 is 51.0. The summed E-state index contributed by atoms with van der Waals surface area (Å²) in [5.74, 6) is -1.20. The van der Waals surface area contributed by atoms with Crippen molar-refractivity contribution < 1.29 is 17.6 Å². The summed E-state index contributed by atoms with van der Waals surface area (Å²) in [7, 11) is 0. The van der Waals surface area contributed by atoms with Crippen LogP contribution in [0.5, 0.6) is 0 Å². The number of hydrogen-bond acceptors (Lipinski definition) is 2. The monoisotopic (exact) mass is 290 g/mol. The van der Waals surface area contributed by atoms with Crippen LogP contribution in [0.4, 0.5) is 17.6 Å². The minimum Gasteiger partial charge on any atom is -0.309 e. The molecule has 1 aromatic rings. The highest BCUT2D eigenvalue weighted by Crippen LogP contribution is 2.31. The molecule has 1 aliphatic heterocycles. The lowest BCUT2D eigenvalue weighted by molar-refractivity contribution is -0.140. The number of halogens is 4. The fraction of sp³-hybridized carbons (Fsp3) is 0.571. The second-order valence-corrected chi connectivity index (χ2v) is 5.47. The summed E-state index contributed by atoms with van der Waals surface area (Å²) in [5.41, 5.74) is -0.639. The van der Waals surface area contributed by atoms with Crippen molar-refractivity contribution in [2.24, 2.45) is 0 Å². The molecule has 6 heteroatoms. The number of rotatable bonds is 2. The first-order chi connectivity index (χ1) is 9.25. The Balaban J connectivity index is 2.09. The second kappa shape index (κ2) is 5.69. The van der Waals surface area contributed by atoms with Gasteiger partial charge in [0.25, 0.3) is 0 Å². The zero-order valence-corrected chi connectivity index (χ0v) is 11.5. The summed E-state index contributed by atoms with van der Waals surface area (Å²) in [6.07, 6.45) is -4.64. The van der Waals surface area contributed by atoms with E-state index in [1.165, 1.54) is 6.07 Å². The number of benzene rings is 1. The highest BCUT2D eigenvalue weighted by atomic mass is 19.4. The molecule has 1 N–H and O–H groups in total. The van der Waals surface area contributed by atoms with Gasteiger partial charge in [0.1, 0.15) is 5.82 Å². The van der Waals surface area contributed by atoms with Crippen LogP contribution in [-0.2, 0) is 12.7 Å². The molecule has 0 bridgehead atoms. The minimum absolute atomic E-state index is 0.318. The maximum atomic E-state index is 13.5. The molecule has 1 heterocycles. The van der Waals surface area contributed by atoms with E-state index < -0.39 is 17.6 Å². The quantitative estimate of drug-likeness (QED) is 0.842. The molecule has 0 aliphatic carbocycles. The van der Waals surface area contributed by atoms with Crippen LogP contribution in [0.25, 0.3) is 0 Å². The smallest absolute Gasteiger partial charge is 0.309 e. The molecule has 0 aromatic heterocycles. The van der Waals surface area contributed by atoms with Gasteiger partial charge in [-0.15, -0.1) is 0 Å². The maximum absolute atomic E-state index is 13.5. The van der Waals surface area contributed by atoms with E-state index in [2.05, 4.69) is 24.1 Å². The van der Waals surface area contributed by atoms with E-state index in [0.717, 1.165) is 25.2 Å². The van der Waals surface area contributed by atoms with Gasteiger partial charge in [0.2, 0.25) is 0 Å². The lowest BCUT2D eigenvalue weighted by atomic mass is 10.1. The molecule has 2 atom stereocenters. The average molecular weight is 290 g/mol. The van der Waals surface area contributed by atoms with Crippen LogP contribution in [0.15, 0.2) is 18.2 Å². The van der Waals surface area contributed by atoms with Crippen LogP contribution in [0.1, 0.15) is 25.0 Å². The van der Waals surface area contributed by atoms with Crippen molar-refractivity contribution >= 4 is 0 Å². The van der Waals surface area contributed by atoms with E-state index in [0.29, 0.717) is 24.2 Å². The number of alkyl halides is 3. The van der Waals surface area contributed by atoms with Gasteiger partial charge in [-0.2, -0.15) is 13.2 Å². The van der Waals surface area contributed by atoms with Gasteiger partial charge < -0.3 is 5.32 Å². The van der Waals surface area contributed by atoms with E-state index in [1.54, 1.807) is 0 Å². The molecular weight excluding hydrogens is 272 g/mol. The van der Waals surface area contributed by atoms with Gasteiger partial charge in [-0.05, 0) is 31.5 Å². The van der Waals surface area contributed by atoms with Crippen molar-refractivity contribution in [3.63, 3.8) is 0 Å². The van der Waals surface area contributed by atoms with Gasteiger partial charge in [0, 0.05) is 31.7 Å². The SMILES string of the molecule is CC1CN(Cc2ccc(C(F)(F)F)c(F)c2)CC(C)N1. The normalized spacial score (nSPS) is 24.9. The van der Waals surface area contributed by atoms with Crippen LogP contribution in [-0.4, -0.2) is 30.1 Å². The lowest BCUT2D eigenvalue weighted by Gasteiger charge is -2.36. The van der Waals surface area contributed by atoms with Crippen LogP contribution in [0, 0.1) is 5.82 Å². The van der Waals surface area contributed by atoms with E-state index in [-0.39, 0.29) is 0 Å². The van der Waals surface area contributed by atoms with E-state index in [9.17, 15) is 17.6 Å². The first-order valence-electron chi connectivity index (χ1n) is 6.59. The Hall–Kier alpha value is -1.14. The Morgan fingerprint density at radius 3 is 2.30 bits per heavy atom. The van der Waals surface area contributed by atoms with Crippen LogP contribution < -0.4 is 5.32 Å². The fourth-order valence-electron chi connectivity index (χ4n) is 2.71. The molecule has 1 aliphatic rings. The molecular formula is C14H18F4N2. The Kier molecular flexibility index (Phi) is 4.34. The van der Waals surface area contributed by atoms with Crippen LogP contribution >= 0.6 is 0 Å². The Labute approximate surface area is 115 Å². The molecule has 0 amide bonds. The minimum atomic E-state index is -4.64. The summed E-state index contributed by atoms with van der Waals surface area (Å²) in [6, 6.07) is 3.79. The van der Waals surface area contributed by atoms with Crippen LogP contribution in [0.3, 0.4) is 0 Å². The molecule has 0 spiro atoms. The maximum Gasteiger partial charge on any atom is 0.419 e. The van der Waals surface area contributed by atoms with E-state index >= 15 is 0 Å². The summed E-state index contributed by atoms with van der Waals surface area (Å²) in [5, 5.41) is 3.37. The molecule has 0 radical (unpaired) electrons. The van der Waals surface area contributed by atoms with Crippen molar-refractivity contribution in [3.8, 4) is 0 Å². The average Bonchev–Trinajstić information content (AvgIpc) is 2.25. The van der Waals surface area contributed by atoms with Crippen molar-refractivity contribution in [1.82, 2.24) is 10.2 Å². The third kappa shape index (κ3) is 3.70. The van der Waals surface area contributed by atoms with Gasteiger partial charge in [-0.3, -0.25) is 4.90 Å². The molecule has 1 saturated heterocycles. The molecule has 20 heavy (non-hydrogen) atoms. The third-order valence-electron chi connectivity index (χ3n) is 3.38. The first-order valence-corrected chi connectivity index (χ1v) is 6.59. The first kappa shape index (κ1) is 15.3. The van der Waals surface area contributed by atoms with Crippen LogP contribution in [0.2, 0.25) is 0 Å². The number of hydrogen-bond donors (Lipinski definition) is 1. The summed E-state index contributed by atoms with van der Waals surface area (Å²) >= 11 is 0. The van der Waals surface area contributed by atoms with E-state index in [4.69, 9.17) is 0 Å². The highest BCUT2D eigenvalue weighted by molar-refractivity contribution is 5.26. The predicted octanol–water partition coefficient (Wildman–Crippen LogP) is 3.03. The third-order valence-corrected chi connectivity index (χ3v) is 3.38. The zero-order chi connectivity index (χ0) is 14.9. The van der Waals surface area contributed by atoms with Gasteiger partial charge in [-0.25, -0.2) is 4.39 Å². The second-order valence-electron chi connectivity index (χ2n) is 5.47. The summed E-state index contributed by atoms with van der Waals surface area (Å²) in [6.45, 7) is 6.16. The molecule has 1 aromatic carbocycles. The molecule has 1 fully saturated rings. The molecule has 2 nitrogen and oxygen atoms in total.